The van der Waals surface area contributed by atoms with Crippen molar-refractivity contribution in [2.75, 3.05) is 24.5 Å². The minimum Gasteiger partial charge on any atom is -0.372 e. The summed E-state index contributed by atoms with van der Waals surface area (Å²) in [6.45, 7) is 5.78. The van der Waals surface area contributed by atoms with E-state index < -0.39 is 11.7 Å². The number of anilines is 1. The number of amides is 1. The smallest absolute Gasteiger partial charge is 0.372 e. The number of fused-ring (bicyclic) bond motifs is 3. The Morgan fingerprint density at radius 3 is 2.56 bits per heavy atom. The number of benzene rings is 1. The molecule has 2 fully saturated rings. The van der Waals surface area contributed by atoms with Gasteiger partial charge in [0.2, 0.25) is 5.91 Å². The lowest BCUT2D eigenvalue weighted by atomic mass is 9.84. The number of hydrogen-bond donors (Lipinski definition) is 0. The molecule has 0 aliphatic carbocycles. The molecule has 0 aromatic heterocycles. The highest BCUT2D eigenvalue weighted by Crippen LogP contribution is 2.42. The van der Waals surface area contributed by atoms with Crippen LogP contribution < -0.4 is 4.90 Å². The monoisotopic (exact) mass is 382 g/mol. The standard InChI is InChI=1S/C20H25F3N2O2/c1-12-10-24(11-13(2)27-12)19(26)16-9-14-8-15(20(21,22)23)5-6-17(14)25-7-3-4-18(16)25/h5-6,8,12-13,16,18H,3-4,7,9-11H2,1-2H3. The van der Waals surface area contributed by atoms with Crippen LogP contribution in [0.5, 0.6) is 0 Å². The van der Waals surface area contributed by atoms with Crippen molar-refractivity contribution in [2.24, 2.45) is 5.92 Å². The summed E-state index contributed by atoms with van der Waals surface area (Å²) in [5.74, 6) is -0.238. The topological polar surface area (TPSA) is 32.8 Å². The maximum atomic E-state index is 13.3. The van der Waals surface area contributed by atoms with Gasteiger partial charge in [-0.15, -0.1) is 0 Å². The van der Waals surface area contributed by atoms with E-state index in [9.17, 15) is 18.0 Å². The largest absolute Gasteiger partial charge is 0.416 e. The fraction of sp³-hybridized carbons (Fsp3) is 0.650. The van der Waals surface area contributed by atoms with E-state index >= 15 is 0 Å². The maximum Gasteiger partial charge on any atom is 0.416 e. The molecule has 0 N–H and O–H groups in total. The van der Waals surface area contributed by atoms with Crippen LogP contribution in [0.15, 0.2) is 18.2 Å². The van der Waals surface area contributed by atoms with Gasteiger partial charge in [-0.05, 0) is 56.9 Å². The normalized spacial score (nSPS) is 30.9. The molecule has 3 aliphatic rings. The fourth-order valence-corrected chi connectivity index (χ4v) is 4.93. The van der Waals surface area contributed by atoms with E-state index in [1.54, 1.807) is 6.07 Å². The van der Waals surface area contributed by atoms with Crippen LogP contribution in [0, 0.1) is 5.92 Å². The maximum absolute atomic E-state index is 13.3. The van der Waals surface area contributed by atoms with Crippen molar-refractivity contribution in [2.45, 2.75) is 57.5 Å². The van der Waals surface area contributed by atoms with Gasteiger partial charge in [0.15, 0.2) is 0 Å². The number of halogens is 3. The first-order chi connectivity index (χ1) is 12.7. The average Bonchev–Trinajstić information content (AvgIpc) is 3.08. The Kier molecular flexibility index (Phi) is 4.61. The average molecular weight is 382 g/mol. The van der Waals surface area contributed by atoms with Crippen molar-refractivity contribution in [1.29, 1.82) is 0 Å². The van der Waals surface area contributed by atoms with Gasteiger partial charge in [0, 0.05) is 31.4 Å². The summed E-state index contributed by atoms with van der Waals surface area (Å²) in [5, 5.41) is 0. The number of morpholine rings is 1. The van der Waals surface area contributed by atoms with Gasteiger partial charge in [-0.25, -0.2) is 0 Å². The van der Waals surface area contributed by atoms with Crippen LogP contribution in [-0.2, 0) is 22.1 Å². The molecule has 7 heteroatoms. The molecule has 2 saturated heterocycles. The van der Waals surface area contributed by atoms with Crippen LogP contribution in [0.2, 0.25) is 0 Å². The van der Waals surface area contributed by atoms with E-state index in [1.165, 1.54) is 6.07 Å². The number of ether oxygens (including phenoxy) is 1. The molecule has 1 aromatic rings. The zero-order chi connectivity index (χ0) is 19.3. The summed E-state index contributed by atoms with van der Waals surface area (Å²) >= 11 is 0. The predicted octanol–water partition coefficient (Wildman–Crippen LogP) is 3.48. The SMILES string of the molecule is CC1CN(C(=O)C2Cc3cc(C(F)(F)F)ccc3N3CCCC23)CC(C)O1. The summed E-state index contributed by atoms with van der Waals surface area (Å²) in [6, 6.07) is 4.04. The minimum absolute atomic E-state index is 0.0231. The van der Waals surface area contributed by atoms with Gasteiger partial charge in [-0.1, -0.05) is 0 Å². The van der Waals surface area contributed by atoms with Gasteiger partial charge in [0.05, 0.1) is 23.7 Å². The molecule has 4 atom stereocenters. The lowest BCUT2D eigenvalue weighted by molar-refractivity contribution is -0.148. The third kappa shape index (κ3) is 3.42. The first-order valence-corrected chi connectivity index (χ1v) is 9.65. The molecule has 3 aliphatic heterocycles. The highest BCUT2D eigenvalue weighted by atomic mass is 19.4. The van der Waals surface area contributed by atoms with E-state index in [0.717, 1.165) is 31.1 Å². The van der Waals surface area contributed by atoms with E-state index in [-0.39, 0.29) is 30.1 Å². The zero-order valence-electron chi connectivity index (χ0n) is 15.6. The summed E-state index contributed by atoms with van der Waals surface area (Å²) in [7, 11) is 0. The molecule has 0 spiro atoms. The third-order valence-electron chi connectivity index (χ3n) is 5.97. The van der Waals surface area contributed by atoms with Crippen molar-refractivity contribution in [1.82, 2.24) is 4.90 Å². The van der Waals surface area contributed by atoms with Crippen LogP contribution in [0.3, 0.4) is 0 Å². The number of rotatable bonds is 1. The number of hydrogen-bond acceptors (Lipinski definition) is 3. The molecule has 4 unspecified atom stereocenters. The molecule has 27 heavy (non-hydrogen) atoms. The molecule has 4 nitrogen and oxygen atoms in total. The lowest BCUT2D eigenvalue weighted by Gasteiger charge is -2.43. The van der Waals surface area contributed by atoms with E-state index in [1.807, 2.05) is 18.7 Å². The Morgan fingerprint density at radius 2 is 1.89 bits per heavy atom. The molecule has 148 valence electrons. The first kappa shape index (κ1) is 18.6. The predicted molar refractivity (Wildman–Crippen MR) is 95.6 cm³/mol. The molecule has 1 amide bonds. The summed E-state index contributed by atoms with van der Waals surface area (Å²) in [5.41, 5.74) is 0.854. The lowest BCUT2D eigenvalue weighted by Crippen LogP contribution is -2.54. The van der Waals surface area contributed by atoms with E-state index in [4.69, 9.17) is 4.74 Å². The number of carbonyl (C=O) groups is 1. The first-order valence-electron chi connectivity index (χ1n) is 9.65. The molecule has 0 saturated carbocycles. The Labute approximate surface area is 157 Å². The number of carbonyl (C=O) groups excluding carboxylic acids is 1. The molecular formula is C20H25F3N2O2. The molecule has 0 bridgehead atoms. The molecular weight excluding hydrogens is 357 g/mol. The number of alkyl halides is 3. The van der Waals surface area contributed by atoms with Crippen molar-refractivity contribution in [3.8, 4) is 0 Å². The van der Waals surface area contributed by atoms with Crippen LogP contribution in [0.1, 0.15) is 37.8 Å². The Hall–Kier alpha value is -1.76. The highest BCUT2D eigenvalue weighted by molar-refractivity contribution is 5.82. The summed E-state index contributed by atoms with van der Waals surface area (Å²) in [6.07, 6.45) is -2.17. The minimum atomic E-state index is -4.37. The van der Waals surface area contributed by atoms with Gasteiger partial charge in [-0.2, -0.15) is 13.2 Å². The molecule has 0 radical (unpaired) electrons. The highest BCUT2D eigenvalue weighted by Gasteiger charge is 2.44. The second-order valence-corrected chi connectivity index (χ2v) is 8.06. The van der Waals surface area contributed by atoms with Gasteiger partial charge >= 0.3 is 6.18 Å². The van der Waals surface area contributed by atoms with Crippen LogP contribution in [0.25, 0.3) is 0 Å². The molecule has 4 rings (SSSR count). The second-order valence-electron chi connectivity index (χ2n) is 8.06. The zero-order valence-corrected chi connectivity index (χ0v) is 15.6. The van der Waals surface area contributed by atoms with Crippen molar-refractivity contribution >= 4 is 11.6 Å². The van der Waals surface area contributed by atoms with Gasteiger partial charge in [-0.3, -0.25) is 4.79 Å². The second kappa shape index (κ2) is 6.69. The van der Waals surface area contributed by atoms with Crippen LogP contribution in [-0.4, -0.2) is 48.7 Å². The van der Waals surface area contributed by atoms with Crippen LogP contribution >= 0.6 is 0 Å². The summed E-state index contributed by atoms with van der Waals surface area (Å²) < 4.78 is 45.2. The Balaban J connectivity index is 1.64. The van der Waals surface area contributed by atoms with Gasteiger partial charge < -0.3 is 14.5 Å². The Bertz CT molecular complexity index is 726. The molecule has 3 heterocycles. The fourth-order valence-electron chi connectivity index (χ4n) is 4.93. The van der Waals surface area contributed by atoms with Crippen LogP contribution in [0.4, 0.5) is 18.9 Å². The quantitative estimate of drug-likeness (QED) is 0.746. The third-order valence-corrected chi connectivity index (χ3v) is 5.97. The van der Waals surface area contributed by atoms with Crippen molar-refractivity contribution in [3.63, 3.8) is 0 Å². The number of nitrogens with zero attached hydrogens (tertiary/aromatic N) is 2. The Morgan fingerprint density at radius 1 is 1.19 bits per heavy atom. The van der Waals surface area contributed by atoms with Crippen molar-refractivity contribution in [3.05, 3.63) is 29.3 Å². The van der Waals surface area contributed by atoms with E-state index in [0.29, 0.717) is 25.1 Å². The van der Waals surface area contributed by atoms with Gasteiger partial charge in [0.25, 0.3) is 0 Å². The summed E-state index contributed by atoms with van der Waals surface area (Å²) in [4.78, 5) is 17.3. The van der Waals surface area contributed by atoms with E-state index in [2.05, 4.69) is 4.90 Å². The van der Waals surface area contributed by atoms with Crippen molar-refractivity contribution < 1.29 is 22.7 Å². The molecule has 1 aromatic carbocycles. The van der Waals surface area contributed by atoms with Gasteiger partial charge in [0.1, 0.15) is 0 Å².